The number of alkyl halides is 3. The van der Waals surface area contributed by atoms with Crippen LogP contribution in [0.1, 0.15) is 51.7 Å². The van der Waals surface area contributed by atoms with Crippen molar-refractivity contribution in [3.8, 4) is 0 Å². The third kappa shape index (κ3) is 6.12. The largest absolute Gasteiger partial charge is 0.416 e. The summed E-state index contributed by atoms with van der Waals surface area (Å²) in [5, 5.41) is 6.75. The first kappa shape index (κ1) is 22.5. The lowest BCUT2D eigenvalue weighted by molar-refractivity contribution is -0.137. The van der Waals surface area contributed by atoms with Crippen LogP contribution >= 0.6 is 0 Å². The lowest BCUT2D eigenvalue weighted by Crippen LogP contribution is -2.51. The minimum atomic E-state index is -4.33. The zero-order valence-corrected chi connectivity index (χ0v) is 17.5. The van der Waals surface area contributed by atoms with Crippen LogP contribution in [0.3, 0.4) is 0 Å². The molecule has 0 aromatic heterocycles. The normalized spacial score (nSPS) is 17.8. The molecule has 1 saturated heterocycles. The molecular weight excluding hydrogens is 365 g/mol. The van der Waals surface area contributed by atoms with Gasteiger partial charge in [-0.15, -0.1) is 0 Å². The van der Waals surface area contributed by atoms with Gasteiger partial charge in [0.1, 0.15) is 0 Å². The third-order valence-electron chi connectivity index (χ3n) is 5.49. The van der Waals surface area contributed by atoms with Gasteiger partial charge in [0.15, 0.2) is 5.96 Å². The fraction of sp³-hybridized carbons (Fsp3) is 0.667. The van der Waals surface area contributed by atoms with Gasteiger partial charge in [-0.25, -0.2) is 0 Å². The molecule has 4 nitrogen and oxygen atoms in total. The Morgan fingerprint density at radius 2 is 1.79 bits per heavy atom. The number of nitrogens with zero attached hydrogens (tertiary/aromatic N) is 2. The molecule has 0 atom stereocenters. The fourth-order valence-electron chi connectivity index (χ4n) is 3.47. The Morgan fingerprint density at radius 1 is 1.18 bits per heavy atom. The second-order valence-corrected chi connectivity index (χ2v) is 8.44. The van der Waals surface area contributed by atoms with Crippen molar-refractivity contribution < 1.29 is 13.2 Å². The van der Waals surface area contributed by atoms with Crippen molar-refractivity contribution in [2.24, 2.45) is 4.99 Å². The van der Waals surface area contributed by atoms with E-state index in [0.29, 0.717) is 30.2 Å². The molecule has 0 bridgehead atoms. The highest BCUT2D eigenvalue weighted by molar-refractivity contribution is 5.80. The monoisotopic (exact) mass is 398 g/mol. The van der Waals surface area contributed by atoms with Crippen molar-refractivity contribution in [2.45, 2.75) is 64.2 Å². The van der Waals surface area contributed by atoms with E-state index in [4.69, 9.17) is 0 Å². The van der Waals surface area contributed by atoms with Crippen LogP contribution in [0, 0.1) is 0 Å². The van der Waals surface area contributed by atoms with Gasteiger partial charge >= 0.3 is 6.18 Å². The van der Waals surface area contributed by atoms with Crippen LogP contribution in [-0.2, 0) is 11.6 Å². The summed E-state index contributed by atoms with van der Waals surface area (Å²) < 4.78 is 39.0. The number of halogens is 3. The van der Waals surface area contributed by atoms with Crippen molar-refractivity contribution in [3.05, 3.63) is 35.4 Å². The Bertz CT molecular complexity index is 660. The van der Waals surface area contributed by atoms with Gasteiger partial charge < -0.3 is 15.5 Å². The van der Waals surface area contributed by atoms with Gasteiger partial charge in [-0.05, 0) is 38.3 Å². The average Bonchev–Trinajstić information content (AvgIpc) is 2.65. The number of aliphatic imine (C=N–C) groups is 1. The highest BCUT2D eigenvalue weighted by atomic mass is 19.4. The zero-order chi connectivity index (χ0) is 20.9. The Morgan fingerprint density at radius 3 is 2.32 bits per heavy atom. The maximum Gasteiger partial charge on any atom is 0.416 e. The first-order valence-electron chi connectivity index (χ1n) is 9.92. The Hall–Kier alpha value is -1.76. The van der Waals surface area contributed by atoms with Crippen LogP contribution in [0.15, 0.2) is 29.3 Å². The third-order valence-corrected chi connectivity index (χ3v) is 5.49. The Kier molecular flexibility index (Phi) is 7.37. The van der Waals surface area contributed by atoms with Crippen LogP contribution in [0.4, 0.5) is 13.2 Å². The highest BCUT2D eigenvalue weighted by Crippen LogP contribution is 2.32. The van der Waals surface area contributed by atoms with E-state index in [1.807, 2.05) is 13.8 Å². The first-order chi connectivity index (χ1) is 13.0. The average molecular weight is 399 g/mol. The van der Waals surface area contributed by atoms with E-state index in [0.717, 1.165) is 32.0 Å². The minimum Gasteiger partial charge on any atom is -0.356 e. The van der Waals surface area contributed by atoms with E-state index in [9.17, 15) is 13.2 Å². The molecule has 1 aliphatic heterocycles. The van der Waals surface area contributed by atoms with Crippen LogP contribution in [0.2, 0.25) is 0 Å². The summed E-state index contributed by atoms with van der Waals surface area (Å²) in [5.74, 6) is 0.697. The highest BCUT2D eigenvalue weighted by Gasteiger charge is 2.32. The van der Waals surface area contributed by atoms with Crippen molar-refractivity contribution in [2.75, 3.05) is 26.7 Å². The Labute approximate surface area is 166 Å². The topological polar surface area (TPSA) is 39.7 Å². The van der Waals surface area contributed by atoms with Gasteiger partial charge in [-0.1, -0.05) is 32.0 Å². The molecule has 0 aliphatic carbocycles. The number of rotatable bonds is 5. The van der Waals surface area contributed by atoms with Crippen molar-refractivity contribution >= 4 is 5.96 Å². The summed E-state index contributed by atoms with van der Waals surface area (Å²) >= 11 is 0. The van der Waals surface area contributed by atoms with Crippen LogP contribution in [0.5, 0.6) is 0 Å². The maximum absolute atomic E-state index is 13.0. The predicted molar refractivity (Wildman–Crippen MR) is 109 cm³/mol. The molecule has 1 aromatic carbocycles. The summed E-state index contributed by atoms with van der Waals surface area (Å²) in [6.45, 7) is 10.9. The summed E-state index contributed by atoms with van der Waals surface area (Å²) in [7, 11) is 1.72. The standard InChI is InChI=1S/C21H33F3N4/c1-15(2)28-11-9-18(10-12-28)27-19(25-5)26-14-20(3,4)16-7-6-8-17(13-16)21(22,23)24/h6-8,13,15,18H,9-12,14H2,1-5H3,(H2,25,26,27). The molecule has 0 spiro atoms. The first-order valence-corrected chi connectivity index (χ1v) is 9.92. The minimum absolute atomic E-state index is 0.359. The molecule has 1 fully saturated rings. The summed E-state index contributed by atoms with van der Waals surface area (Å²) in [6, 6.07) is 6.48. The number of hydrogen-bond acceptors (Lipinski definition) is 2. The number of benzene rings is 1. The van der Waals surface area contributed by atoms with Gasteiger partial charge in [0.25, 0.3) is 0 Å². The van der Waals surface area contributed by atoms with Crippen molar-refractivity contribution in [3.63, 3.8) is 0 Å². The number of hydrogen-bond donors (Lipinski definition) is 2. The molecule has 7 heteroatoms. The second-order valence-electron chi connectivity index (χ2n) is 8.44. The number of nitrogens with one attached hydrogen (secondary N) is 2. The molecular formula is C21H33F3N4. The quantitative estimate of drug-likeness (QED) is 0.581. The van der Waals surface area contributed by atoms with E-state index in [2.05, 4.69) is 34.4 Å². The molecule has 2 rings (SSSR count). The molecule has 0 radical (unpaired) electrons. The van der Waals surface area contributed by atoms with Crippen LogP contribution in [0.25, 0.3) is 0 Å². The fourth-order valence-corrected chi connectivity index (χ4v) is 3.47. The summed E-state index contributed by atoms with van der Waals surface area (Å²) in [4.78, 5) is 6.75. The lowest BCUT2D eigenvalue weighted by atomic mass is 9.84. The van der Waals surface area contributed by atoms with Crippen LogP contribution < -0.4 is 10.6 Å². The van der Waals surface area contributed by atoms with E-state index in [1.54, 1.807) is 13.1 Å². The van der Waals surface area contributed by atoms with Crippen molar-refractivity contribution in [1.29, 1.82) is 0 Å². The van der Waals surface area contributed by atoms with Crippen molar-refractivity contribution in [1.82, 2.24) is 15.5 Å². The van der Waals surface area contributed by atoms with Crippen LogP contribution in [-0.4, -0.2) is 49.6 Å². The van der Waals surface area contributed by atoms with Gasteiger partial charge in [0.05, 0.1) is 5.56 Å². The SMILES string of the molecule is CN=C(NCC(C)(C)c1cccc(C(F)(F)F)c1)NC1CCN(C(C)C)CC1. The van der Waals surface area contributed by atoms with E-state index in [1.165, 1.54) is 12.1 Å². The number of piperidine rings is 1. The number of guanidine groups is 1. The molecule has 0 amide bonds. The lowest BCUT2D eigenvalue weighted by Gasteiger charge is -2.35. The molecule has 158 valence electrons. The maximum atomic E-state index is 13.0. The predicted octanol–water partition coefficient (Wildman–Crippen LogP) is 4.02. The molecule has 1 aromatic rings. The molecule has 2 N–H and O–H groups in total. The molecule has 0 saturated carbocycles. The Balaban J connectivity index is 1.94. The molecule has 0 unspecified atom stereocenters. The van der Waals surface area contributed by atoms with E-state index >= 15 is 0 Å². The van der Waals surface area contributed by atoms with Gasteiger partial charge in [0, 0.05) is 44.2 Å². The zero-order valence-electron chi connectivity index (χ0n) is 17.5. The summed E-state index contributed by atoms with van der Waals surface area (Å²) in [5.41, 5.74) is -0.437. The molecule has 1 aliphatic rings. The second kappa shape index (κ2) is 9.16. The molecule has 1 heterocycles. The smallest absolute Gasteiger partial charge is 0.356 e. The number of likely N-dealkylation sites (tertiary alicyclic amines) is 1. The summed E-state index contributed by atoms with van der Waals surface area (Å²) in [6.07, 6.45) is -2.23. The van der Waals surface area contributed by atoms with E-state index in [-0.39, 0.29) is 0 Å². The van der Waals surface area contributed by atoms with Gasteiger partial charge in [-0.3, -0.25) is 4.99 Å². The molecule has 28 heavy (non-hydrogen) atoms. The van der Waals surface area contributed by atoms with Gasteiger partial charge in [0.2, 0.25) is 0 Å². The van der Waals surface area contributed by atoms with E-state index < -0.39 is 17.2 Å². The van der Waals surface area contributed by atoms with Gasteiger partial charge in [-0.2, -0.15) is 13.2 Å².